The molecular formula is C16H14ClNO. The molecule has 0 amide bonds. The number of nitrogens with zero attached hydrogens (tertiary/aromatic N) is 1. The van der Waals surface area contributed by atoms with Gasteiger partial charge in [-0.15, -0.1) is 0 Å². The Balaban J connectivity index is 1.99. The van der Waals surface area contributed by atoms with Crippen molar-refractivity contribution in [3.05, 3.63) is 65.7 Å². The lowest BCUT2D eigenvalue weighted by Crippen LogP contribution is -2.44. The lowest BCUT2D eigenvalue weighted by atomic mass is 9.99. The van der Waals surface area contributed by atoms with Crippen molar-refractivity contribution in [3.63, 3.8) is 0 Å². The Hall–Kier alpha value is -1.80. The van der Waals surface area contributed by atoms with Crippen molar-refractivity contribution in [2.75, 3.05) is 11.4 Å². The zero-order valence-electron chi connectivity index (χ0n) is 10.4. The maximum atomic E-state index is 12.5. The van der Waals surface area contributed by atoms with E-state index in [0.717, 1.165) is 24.2 Å². The number of alkyl halides is 1. The molecule has 1 aliphatic heterocycles. The first kappa shape index (κ1) is 12.2. The lowest BCUT2D eigenvalue weighted by molar-refractivity contribution is 0.103. The summed E-state index contributed by atoms with van der Waals surface area (Å²) in [5, 5.41) is 0. The third kappa shape index (κ3) is 2.24. The maximum absolute atomic E-state index is 12.5. The van der Waals surface area contributed by atoms with E-state index in [2.05, 4.69) is 4.90 Å². The van der Waals surface area contributed by atoms with Crippen molar-refractivity contribution in [2.45, 2.75) is 11.9 Å². The number of para-hydroxylation sites is 1. The Morgan fingerprint density at radius 2 is 1.74 bits per heavy atom. The van der Waals surface area contributed by atoms with Crippen molar-refractivity contribution in [1.82, 2.24) is 0 Å². The molecule has 1 heterocycles. The van der Waals surface area contributed by atoms with Crippen LogP contribution in [0.3, 0.4) is 0 Å². The predicted octanol–water partition coefficient (Wildman–Crippen LogP) is 3.69. The summed E-state index contributed by atoms with van der Waals surface area (Å²) < 4.78 is 0. The molecule has 0 aliphatic carbocycles. The first-order valence-electron chi connectivity index (χ1n) is 6.37. The number of hydrogen-bond donors (Lipinski definition) is 0. The van der Waals surface area contributed by atoms with E-state index in [0.29, 0.717) is 5.56 Å². The normalized spacial score (nSPS) is 17.9. The number of carbonyl (C=O) groups excluding carboxylic acids is 1. The van der Waals surface area contributed by atoms with Gasteiger partial charge in [0.2, 0.25) is 0 Å². The maximum Gasteiger partial charge on any atom is 0.195 e. The van der Waals surface area contributed by atoms with Gasteiger partial charge in [-0.3, -0.25) is 4.79 Å². The highest BCUT2D eigenvalue weighted by molar-refractivity contribution is 6.23. The van der Waals surface area contributed by atoms with E-state index < -0.39 is 0 Å². The first-order chi connectivity index (χ1) is 9.27. The van der Waals surface area contributed by atoms with Gasteiger partial charge in [-0.1, -0.05) is 54.1 Å². The van der Waals surface area contributed by atoms with Crippen LogP contribution in [-0.2, 0) is 0 Å². The second kappa shape index (κ2) is 5.06. The Labute approximate surface area is 117 Å². The summed E-state index contributed by atoms with van der Waals surface area (Å²) in [5.74, 6) is 0.0481. The van der Waals surface area contributed by atoms with Gasteiger partial charge in [0.15, 0.2) is 5.78 Å². The summed E-state index contributed by atoms with van der Waals surface area (Å²) in [6.45, 7) is 0.910. The average Bonchev–Trinajstić information content (AvgIpc) is 2.46. The van der Waals surface area contributed by atoms with E-state index in [9.17, 15) is 4.79 Å². The van der Waals surface area contributed by atoms with Crippen LogP contribution in [0.4, 0.5) is 5.69 Å². The second-order valence-electron chi connectivity index (χ2n) is 4.63. The Bertz CT molecular complexity index is 597. The highest BCUT2D eigenvalue weighted by Crippen LogP contribution is 2.32. The fourth-order valence-corrected chi connectivity index (χ4v) is 2.59. The molecule has 19 heavy (non-hydrogen) atoms. The molecule has 1 unspecified atom stereocenters. The van der Waals surface area contributed by atoms with Crippen LogP contribution < -0.4 is 4.90 Å². The molecule has 1 saturated heterocycles. The molecule has 0 spiro atoms. The van der Waals surface area contributed by atoms with E-state index in [1.165, 1.54) is 0 Å². The molecule has 96 valence electrons. The third-order valence-corrected chi connectivity index (χ3v) is 3.89. The van der Waals surface area contributed by atoms with Crippen LogP contribution in [0, 0.1) is 0 Å². The average molecular weight is 272 g/mol. The number of anilines is 1. The second-order valence-corrected chi connectivity index (χ2v) is 5.13. The molecule has 0 saturated carbocycles. The molecule has 2 aromatic rings. The smallest absolute Gasteiger partial charge is 0.195 e. The summed E-state index contributed by atoms with van der Waals surface area (Å²) in [6, 6.07) is 17.0. The first-order valence-corrected chi connectivity index (χ1v) is 6.80. The third-order valence-electron chi connectivity index (χ3n) is 3.44. The fourth-order valence-electron chi connectivity index (χ4n) is 2.29. The minimum Gasteiger partial charge on any atom is -0.354 e. The van der Waals surface area contributed by atoms with E-state index >= 15 is 0 Å². The largest absolute Gasteiger partial charge is 0.354 e. The summed E-state index contributed by atoms with van der Waals surface area (Å²) in [6.07, 6.45) is 0.968. The van der Waals surface area contributed by atoms with E-state index in [1.54, 1.807) is 0 Å². The Morgan fingerprint density at radius 3 is 2.37 bits per heavy atom. The van der Waals surface area contributed by atoms with Gasteiger partial charge in [-0.05, 0) is 18.6 Å². The minimum atomic E-state index is 0.00437. The number of rotatable bonds is 3. The topological polar surface area (TPSA) is 20.3 Å². The summed E-state index contributed by atoms with van der Waals surface area (Å²) in [5.41, 5.74) is 2.37. The van der Waals surface area contributed by atoms with Crippen molar-refractivity contribution >= 4 is 23.1 Å². The van der Waals surface area contributed by atoms with Gasteiger partial charge in [0.25, 0.3) is 0 Å². The van der Waals surface area contributed by atoms with Crippen LogP contribution in [0.5, 0.6) is 0 Å². The van der Waals surface area contributed by atoms with Crippen molar-refractivity contribution in [1.29, 1.82) is 0 Å². The minimum absolute atomic E-state index is 0.00437. The Morgan fingerprint density at radius 1 is 1.05 bits per heavy atom. The van der Waals surface area contributed by atoms with Crippen molar-refractivity contribution in [2.24, 2.45) is 0 Å². The molecule has 0 aromatic heterocycles. The number of halogens is 1. The monoisotopic (exact) mass is 271 g/mol. The lowest BCUT2D eigenvalue weighted by Gasteiger charge is -2.39. The summed E-state index contributed by atoms with van der Waals surface area (Å²) in [7, 11) is 0. The van der Waals surface area contributed by atoms with Crippen LogP contribution in [-0.4, -0.2) is 17.8 Å². The van der Waals surface area contributed by atoms with E-state index in [-0.39, 0.29) is 11.3 Å². The van der Waals surface area contributed by atoms with Crippen LogP contribution >= 0.6 is 11.6 Å². The SMILES string of the molecule is O=C(c1ccccc1)c1ccccc1N1CCC1Cl. The highest BCUT2D eigenvalue weighted by atomic mass is 35.5. The van der Waals surface area contributed by atoms with Gasteiger partial charge in [-0.2, -0.15) is 0 Å². The molecule has 0 radical (unpaired) electrons. The van der Waals surface area contributed by atoms with E-state index in [1.807, 2.05) is 54.6 Å². The number of benzene rings is 2. The summed E-state index contributed by atoms with van der Waals surface area (Å²) >= 11 is 6.19. The molecule has 0 N–H and O–H groups in total. The standard InChI is InChI=1S/C16H14ClNO/c17-15-10-11-18(15)14-9-5-4-8-13(14)16(19)12-6-2-1-3-7-12/h1-9,15H,10-11H2. The zero-order valence-corrected chi connectivity index (χ0v) is 11.2. The molecule has 3 rings (SSSR count). The van der Waals surface area contributed by atoms with Crippen molar-refractivity contribution in [3.8, 4) is 0 Å². The molecule has 0 bridgehead atoms. The van der Waals surface area contributed by atoms with Gasteiger partial charge >= 0.3 is 0 Å². The van der Waals surface area contributed by atoms with Crippen LogP contribution in [0.2, 0.25) is 0 Å². The predicted molar refractivity (Wildman–Crippen MR) is 77.9 cm³/mol. The van der Waals surface area contributed by atoms with Gasteiger partial charge < -0.3 is 4.90 Å². The van der Waals surface area contributed by atoms with Gasteiger partial charge in [-0.25, -0.2) is 0 Å². The molecule has 1 fully saturated rings. The van der Waals surface area contributed by atoms with Gasteiger partial charge in [0, 0.05) is 23.4 Å². The van der Waals surface area contributed by atoms with Crippen molar-refractivity contribution < 1.29 is 4.79 Å². The summed E-state index contributed by atoms with van der Waals surface area (Å²) in [4.78, 5) is 14.6. The van der Waals surface area contributed by atoms with Gasteiger partial charge in [0.05, 0.1) is 0 Å². The van der Waals surface area contributed by atoms with Gasteiger partial charge in [0.1, 0.15) is 5.50 Å². The van der Waals surface area contributed by atoms with Crippen LogP contribution in [0.1, 0.15) is 22.3 Å². The molecule has 2 aromatic carbocycles. The number of hydrogen-bond acceptors (Lipinski definition) is 2. The number of carbonyl (C=O) groups is 1. The number of ketones is 1. The molecule has 2 nitrogen and oxygen atoms in total. The Kier molecular flexibility index (Phi) is 3.26. The quantitative estimate of drug-likeness (QED) is 0.482. The molecule has 1 atom stereocenters. The zero-order chi connectivity index (χ0) is 13.2. The fraction of sp³-hybridized carbons (Fsp3) is 0.188. The molecular weight excluding hydrogens is 258 g/mol. The van der Waals surface area contributed by atoms with E-state index in [4.69, 9.17) is 11.6 Å². The molecule has 1 aliphatic rings. The van der Waals surface area contributed by atoms with Crippen LogP contribution in [0.25, 0.3) is 0 Å². The van der Waals surface area contributed by atoms with Crippen LogP contribution in [0.15, 0.2) is 54.6 Å². The highest BCUT2D eigenvalue weighted by Gasteiger charge is 2.28. The molecule has 3 heteroatoms.